The van der Waals surface area contributed by atoms with Gasteiger partial charge in [0.25, 0.3) is 0 Å². The Kier molecular flexibility index (Phi) is 8.42. The Hall–Kier alpha value is -3.19. The molecule has 0 bridgehead atoms. The van der Waals surface area contributed by atoms with Gasteiger partial charge in [-0.3, -0.25) is 0 Å². The van der Waals surface area contributed by atoms with Crippen LogP contribution in [0, 0.1) is 11.3 Å². The molecule has 200 valence electrons. The third kappa shape index (κ3) is 5.93. The molecule has 0 spiro atoms. The van der Waals surface area contributed by atoms with Gasteiger partial charge in [-0.1, -0.05) is 12.1 Å². The molecule has 1 aromatic heterocycles. The zero-order valence-corrected chi connectivity index (χ0v) is 22.7. The first-order chi connectivity index (χ1) is 18.5. The molecule has 2 aromatic carbocycles. The monoisotopic (exact) mass is 534 g/mol. The van der Waals surface area contributed by atoms with E-state index in [0.29, 0.717) is 49.2 Å². The number of aromatic nitrogens is 1. The number of amides is 2. The normalized spacial score (nSPS) is 16.3. The van der Waals surface area contributed by atoms with Crippen LogP contribution in [-0.2, 0) is 9.47 Å². The number of hydrogen-bond acceptors (Lipinski definition) is 6. The SMILES string of the molecule is CC(C)NC(=O)Nc1ccc(-c2c(C#N)c3ccc(OCCSC4COCOC4)cc3n2C2CCC2)cc1. The fourth-order valence-corrected chi connectivity index (χ4v) is 5.78. The summed E-state index contributed by atoms with van der Waals surface area (Å²) >= 11 is 1.80. The Morgan fingerprint density at radius 2 is 1.95 bits per heavy atom. The molecular weight excluding hydrogens is 500 g/mol. The Labute approximate surface area is 227 Å². The van der Waals surface area contributed by atoms with Crippen LogP contribution in [-0.4, -0.2) is 54.3 Å². The molecule has 1 saturated heterocycles. The maximum absolute atomic E-state index is 12.1. The molecule has 38 heavy (non-hydrogen) atoms. The molecular formula is C29H34N4O4S. The molecule has 2 heterocycles. The smallest absolute Gasteiger partial charge is 0.319 e. The van der Waals surface area contributed by atoms with E-state index in [1.54, 1.807) is 11.8 Å². The first kappa shape index (κ1) is 26.4. The van der Waals surface area contributed by atoms with Crippen LogP contribution in [0.5, 0.6) is 5.75 Å². The van der Waals surface area contributed by atoms with Gasteiger partial charge in [-0.2, -0.15) is 17.0 Å². The summed E-state index contributed by atoms with van der Waals surface area (Å²) in [6.45, 7) is 6.25. The number of urea groups is 1. The van der Waals surface area contributed by atoms with Crippen molar-refractivity contribution in [2.75, 3.05) is 37.7 Å². The number of nitriles is 1. The van der Waals surface area contributed by atoms with Gasteiger partial charge >= 0.3 is 6.03 Å². The minimum atomic E-state index is -0.236. The van der Waals surface area contributed by atoms with Crippen LogP contribution >= 0.6 is 11.8 Å². The number of rotatable bonds is 9. The predicted octanol–water partition coefficient (Wildman–Crippen LogP) is 5.92. The molecule has 5 rings (SSSR count). The fourth-order valence-electron chi connectivity index (χ4n) is 4.88. The zero-order valence-electron chi connectivity index (χ0n) is 21.9. The number of ether oxygens (including phenoxy) is 3. The van der Waals surface area contributed by atoms with Gasteiger partial charge in [-0.15, -0.1) is 0 Å². The molecule has 2 amide bonds. The molecule has 9 heteroatoms. The first-order valence-corrected chi connectivity index (χ1v) is 14.2. The van der Waals surface area contributed by atoms with Crippen LogP contribution in [0.4, 0.5) is 10.5 Å². The highest BCUT2D eigenvalue weighted by Crippen LogP contribution is 2.43. The van der Waals surface area contributed by atoms with Crippen LogP contribution in [0.15, 0.2) is 42.5 Å². The summed E-state index contributed by atoms with van der Waals surface area (Å²) in [5.74, 6) is 1.66. The maximum atomic E-state index is 12.1. The number of fused-ring (bicyclic) bond motifs is 1. The van der Waals surface area contributed by atoms with Crippen molar-refractivity contribution in [1.29, 1.82) is 5.26 Å². The van der Waals surface area contributed by atoms with E-state index in [2.05, 4.69) is 27.3 Å². The molecule has 1 saturated carbocycles. The van der Waals surface area contributed by atoms with Crippen LogP contribution in [0.1, 0.15) is 44.7 Å². The summed E-state index contributed by atoms with van der Waals surface area (Å²) in [7, 11) is 0. The molecule has 2 aliphatic rings. The third-order valence-electron chi connectivity index (χ3n) is 6.84. The second kappa shape index (κ2) is 12.1. The molecule has 0 radical (unpaired) electrons. The van der Waals surface area contributed by atoms with Crippen molar-refractivity contribution >= 4 is 34.4 Å². The lowest BCUT2D eigenvalue weighted by Gasteiger charge is -2.30. The largest absolute Gasteiger partial charge is 0.493 e. The zero-order chi connectivity index (χ0) is 26.5. The first-order valence-electron chi connectivity index (χ1n) is 13.2. The summed E-state index contributed by atoms with van der Waals surface area (Å²) in [5, 5.41) is 17.2. The van der Waals surface area contributed by atoms with Crippen LogP contribution in [0.3, 0.4) is 0 Å². The topological polar surface area (TPSA) is 97.5 Å². The Morgan fingerprint density at radius 1 is 1.18 bits per heavy atom. The molecule has 1 aliphatic heterocycles. The molecule has 2 fully saturated rings. The van der Waals surface area contributed by atoms with Gasteiger partial charge in [0, 0.05) is 35.0 Å². The number of thioether (sulfide) groups is 1. The highest BCUT2D eigenvalue weighted by atomic mass is 32.2. The van der Waals surface area contributed by atoms with E-state index in [1.165, 1.54) is 6.42 Å². The molecule has 0 unspecified atom stereocenters. The van der Waals surface area contributed by atoms with Crippen LogP contribution in [0.2, 0.25) is 0 Å². The van der Waals surface area contributed by atoms with Crippen LogP contribution in [0.25, 0.3) is 22.2 Å². The van der Waals surface area contributed by atoms with Gasteiger partial charge in [0.1, 0.15) is 18.6 Å². The minimum absolute atomic E-state index is 0.0550. The summed E-state index contributed by atoms with van der Waals surface area (Å²) in [6, 6.07) is 16.4. The van der Waals surface area contributed by atoms with Gasteiger partial charge < -0.3 is 29.4 Å². The lowest BCUT2D eigenvalue weighted by atomic mass is 9.92. The molecule has 3 aromatic rings. The number of nitrogens with one attached hydrogen (secondary N) is 2. The van der Waals surface area contributed by atoms with Gasteiger partial charge in [0.15, 0.2) is 0 Å². The summed E-state index contributed by atoms with van der Waals surface area (Å²) in [4.78, 5) is 12.1. The Morgan fingerprint density at radius 3 is 2.61 bits per heavy atom. The van der Waals surface area contributed by atoms with E-state index in [4.69, 9.17) is 14.2 Å². The van der Waals surface area contributed by atoms with Crippen LogP contribution < -0.4 is 15.4 Å². The Bertz CT molecular complexity index is 1300. The van der Waals surface area contributed by atoms with E-state index >= 15 is 0 Å². The highest BCUT2D eigenvalue weighted by Gasteiger charge is 2.28. The lowest BCUT2D eigenvalue weighted by molar-refractivity contribution is -0.0925. The Balaban J connectivity index is 1.38. The predicted molar refractivity (Wildman–Crippen MR) is 151 cm³/mol. The highest BCUT2D eigenvalue weighted by molar-refractivity contribution is 7.99. The molecule has 8 nitrogen and oxygen atoms in total. The van der Waals surface area contributed by atoms with Crippen molar-refractivity contribution < 1.29 is 19.0 Å². The minimum Gasteiger partial charge on any atom is -0.493 e. The summed E-state index contributed by atoms with van der Waals surface area (Å²) < 4.78 is 19.2. The fraction of sp³-hybridized carbons (Fsp3) is 0.448. The lowest BCUT2D eigenvalue weighted by Crippen LogP contribution is -2.34. The van der Waals surface area contributed by atoms with Gasteiger partial charge in [-0.05, 0) is 62.9 Å². The third-order valence-corrected chi connectivity index (χ3v) is 7.99. The van der Waals surface area contributed by atoms with Crippen molar-refractivity contribution in [3.63, 3.8) is 0 Å². The van der Waals surface area contributed by atoms with Crippen molar-refractivity contribution in [3.8, 4) is 23.1 Å². The second-order valence-corrected chi connectivity index (χ2v) is 11.4. The summed E-state index contributed by atoms with van der Waals surface area (Å²) in [5.41, 5.74) is 4.28. The number of carbonyl (C=O) groups is 1. The maximum Gasteiger partial charge on any atom is 0.319 e. The van der Waals surface area contributed by atoms with Gasteiger partial charge in [0.05, 0.1) is 41.8 Å². The molecule has 2 N–H and O–H groups in total. The second-order valence-electron chi connectivity index (χ2n) is 10.0. The van der Waals surface area contributed by atoms with E-state index in [0.717, 1.165) is 46.5 Å². The van der Waals surface area contributed by atoms with Gasteiger partial charge in [-0.25, -0.2) is 4.79 Å². The quantitative estimate of drug-likeness (QED) is 0.331. The van der Waals surface area contributed by atoms with E-state index < -0.39 is 0 Å². The number of nitrogens with zero attached hydrogens (tertiary/aromatic N) is 2. The van der Waals surface area contributed by atoms with Crippen molar-refractivity contribution in [1.82, 2.24) is 9.88 Å². The number of hydrogen-bond donors (Lipinski definition) is 2. The average Bonchev–Trinajstić information content (AvgIpc) is 3.19. The van der Waals surface area contributed by atoms with Gasteiger partial charge in [0.2, 0.25) is 0 Å². The van der Waals surface area contributed by atoms with E-state index in [1.807, 2.05) is 50.2 Å². The van der Waals surface area contributed by atoms with E-state index in [-0.39, 0.29) is 12.1 Å². The summed E-state index contributed by atoms with van der Waals surface area (Å²) in [6.07, 6.45) is 3.36. The average molecular weight is 535 g/mol. The number of benzene rings is 2. The van der Waals surface area contributed by atoms with Crippen molar-refractivity contribution in [3.05, 3.63) is 48.0 Å². The van der Waals surface area contributed by atoms with Crippen molar-refractivity contribution in [2.45, 2.75) is 50.4 Å². The van der Waals surface area contributed by atoms with Crippen molar-refractivity contribution in [2.24, 2.45) is 0 Å². The molecule has 1 aliphatic carbocycles. The molecule has 0 atom stereocenters. The number of anilines is 1. The van der Waals surface area contributed by atoms with E-state index in [9.17, 15) is 10.1 Å². The number of carbonyl (C=O) groups excluding carboxylic acids is 1. The standard InChI is InChI=1S/C29H34N4O4S/c1-19(2)31-29(34)32-21-8-6-20(7-9-21)28-26(15-30)25-11-10-23(14-27(25)33(28)22-4-3-5-22)37-12-13-38-24-16-35-18-36-17-24/h6-11,14,19,22,24H,3-5,12-13,16-18H2,1-2H3,(H2,31,32,34).